The second kappa shape index (κ2) is 7.85. The average molecular weight is 462 g/mol. The summed E-state index contributed by atoms with van der Waals surface area (Å²) in [5.74, 6) is -3.74. The van der Waals surface area contributed by atoms with Gasteiger partial charge in [0.25, 0.3) is 15.7 Å². The number of aromatic nitrogens is 2. The molecule has 4 N–H and O–H groups in total. The first kappa shape index (κ1) is 20.5. The molecule has 1 aromatic heterocycles. The summed E-state index contributed by atoms with van der Waals surface area (Å²) in [5, 5.41) is 19.2. The average Bonchev–Trinajstić information content (AvgIpc) is 2.53. The minimum Gasteiger partial charge on any atom is -0.493 e. The van der Waals surface area contributed by atoms with Gasteiger partial charge in [0.15, 0.2) is 6.04 Å². The zero-order chi connectivity index (χ0) is 20.4. The Hall–Kier alpha value is -2.77. The van der Waals surface area contributed by atoms with Gasteiger partial charge in [-0.05, 0) is 24.3 Å². The summed E-state index contributed by atoms with van der Waals surface area (Å²) in [6.45, 7) is 0. The molecular weight excluding hydrogens is 450 g/mol. The number of aliphatic imine (C=N–C) groups is 1. The number of carboxylic acid groups (broad SMARTS) is 1. The van der Waals surface area contributed by atoms with Crippen molar-refractivity contribution in [2.24, 2.45) is 4.99 Å². The van der Waals surface area contributed by atoms with E-state index in [9.17, 15) is 27.9 Å². The van der Waals surface area contributed by atoms with E-state index in [2.05, 4.69) is 20.9 Å². The summed E-state index contributed by atoms with van der Waals surface area (Å²) >= 11 is 3.21. The van der Waals surface area contributed by atoms with Crippen molar-refractivity contribution in [1.82, 2.24) is 9.55 Å². The lowest BCUT2D eigenvalue weighted by Crippen LogP contribution is -2.32. The fourth-order valence-electron chi connectivity index (χ4n) is 2.03. The lowest BCUT2D eigenvalue weighted by Gasteiger charge is -2.10. The second-order valence-corrected chi connectivity index (χ2v) is 7.60. The van der Waals surface area contributed by atoms with Gasteiger partial charge >= 0.3 is 11.7 Å². The molecular formula is C14H12BrN3O8S. The number of hydrogen-bond acceptors (Lipinski definition) is 7. The summed E-state index contributed by atoms with van der Waals surface area (Å²) < 4.78 is 31.9. The predicted octanol–water partition coefficient (Wildman–Crippen LogP) is -0.246. The van der Waals surface area contributed by atoms with Crippen LogP contribution in [0, 0.1) is 0 Å². The quantitative estimate of drug-likeness (QED) is 0.335. The third-order valence-electron chi connectivity index (χ3n) is 3.24. The number of benzene rings is 1. The van der Waals surface area contributed by atoms with E-state index >= 15 is 0 Å². The summed E-state index contributed by atoms with van der Waals surface area (Å²) in [6, 6.07) is 4.15. The molecule has 0 saturated heterocycles. The molecule has 2 rings (SSSR count). The fraction of sp³-hybridized carbons (Fsp3) is 0.143. The molecule has 0 radical (unpaired) electrons. The third kappa shape index (κ3) is 5.12. The van der Waals surface area contributed by atoms with Crippen LogP contribution in [0.1, 0.15) is 5.56 Å². The van der Waals surface area contributed by atoms with Crippen molar-refractivity contribution in [2.75, 3.05) is 5.75 Å². The third-order valence-corrected chi connectivity index (χ3v) is 4.51. The van der Waals surface area contributed by atoms with E-state index < -0.39 is 50.6 Å². The van der Waals surface area contributed by atoms with Crippen LogP contribution in [0.15, 0.2) is 43.3 Å². The molecule has 1 atom stereocenters. The molecule has 11 nitrogen and oxygen atoms in total. The molecule has 0 aliphatic rings. The van der Waals surface area contributed by atoms with Gasteiger partial charge in [-0.25, -0.2) is 14.2 Å². The Morgan fingerprint density at radius 1 is 1.30 bits per heavy atom. The predicted molar refractivity (Wildman–Crippen MR) is 97.5 cm³/mol. The minimum absolute atomic E-state index is 0.194. The first-order chi connectivity index (χ1) is 12.5. The smallest absolute Gasteiger partial charge is 0.335 e. The number of halogens is 1. The standard InChI is InChI=1S/C14H12BrN3O8S/c15-7-1-3-8(4-2-7)18-12(20)9(11(19)17-14(18)23)5-16-10(13(21)22)6-27(24,25)26/h1-5,10,20H,6H2,(H,21,22)(H,17,19,23)(H,24,25,26)/t10-/m0/s1. The lowest BCUT2D eigenvalue weighted by atomic mass is 10.3. The highest BCUT2D eigenvalue weighted by molar-refractivity contribution is 9.10. The minimum atomic E-state index is -4.66. The Kier molecular flexibility index (Phi) is 5.98. The van der Waals surface area contributed by atoms with Crippen LogP contribution >= 0.6 is 15.9 Å². The van der Waals surface area contributed by atoms with Gasteiger partial charge < -0.3 is 10.2 Å². The lowest BCUT2D eigenvalue weighted by molar-refractivity contribution is -0.137. The van der Waals surface area contributed by atoms with Crippen LogP contribution in [-0.2, 0) is 14.9 Å². The summed E-state index contributed by atoms with van der Waals surface area (Å²) in [7, 11) is -4.66. The summed E-state index contributed by atoms with van der Waals surface area (Å²) in [6.07, 6.45) is 0.618. The number of aliphatic carboxylic acids is 1. The van der Waals surface area contributed by atoms with Gasteiger partial charge in [-0.2, -0.15) is 8.42 Å². The number of aromatic hydroxyl groups is 1. The molecule has 0 unspecified atom stereocenters. The Balaban J connectivity index is 2.56. The molecule has 0 bridgehead atoms. The fourth-order valence-corrected chi connectivity index (χ4v) is 2.92. The number of nitrogens with zero attached hydrogens (tertiary/aromatic N) is 2. The summed E-state index contributed by atoms with van der Waals surface area (Å²) in [4.78, 5) is 40.3. The van der Waals surface area contributed by atoms with Crippen LogP contribution in [-0.4, -0.2) is 56.7 Å². The molecule has 1 aromatic carbocycles. The maximum Gasteiger partial charge on any atom is 0.335 e. The van der Waals surface area contributed by atoms with Gasteiger partial charge in [0.05, 0.1) is 5.69 Å². The van der Waals surface area contributed by atoms with Crippen LogP contribution in [0.5, 0.6) is 5.88 Å². The van der Waals surface area contributed by atoms with Crippen LogP contribution in [0.3, 0.4) is 0 Å². The normalized spacial score (nSPS) is 13.0. The largest absolute Gasteiger partial charge is 0.493 e. The molecule has 27 heavy (non-hydrogen) atoms. The number of rotatable bonds is 6. The Morgan fingerprint density at radius 3 is 2.41 bits per heavy atom. The van der Waals surface area contributed by atoms with E-state index in [1.54, 1.807) is 12.1 Å². The van der Waals surface area contributed by atoms with E-state index in [1.165, 1.54) is 12.1 Å². The maximum atomic E-state index is 12.0. The van der Waals surface area contributed by atoms with Gasteiger partial charge in [0.1, 0.15) is 11.3 Å². The van der Waals surface area contributed by atoms with Crippen LogP contribution in [0.4, 0.5) is 0 Å². The molecule has 0 amide bonds. The van der Waals surface area contributed by atoms with E-state index in [-0.39, 0.29) is 5.69 Å². The van der Waals surface area contributed by atoms with Gasteiger partial charge in [0.2, 0.25) is 5.88 Å². The molecule has 13 heteroatoms. The number of hydrogen-bond donors (Lipinski definition) is 4. The van der Waals surface area contributed by atoms with Gasteiger partial charge in [-0.1, -0.05) is 15.9 Å². The highest BCUT2D eigenvalue weighted by atomic mass is 79.9. The van der Waals surface area contributed by atoms with E-state index in [4.69, 9.17) is 9.66 Å². The molecule has 0 aliphatic carbocycles. The molecule has 0 fully saturated rings. The number of carbonyl (C=O) groups is 1. The van der Waals surface area contributed by atoms with Crippen LogP contribution in [0.2, 0.25) is 0 Å². The first-order valence-corrected chi connectivity index (χ1v) is 9.45. The van der Waals surface area contributed by atoms with Gasteiger partial charge in [-0.3, -0.25) is 19.3 Å². The Labute approximate surface area is 159 Å². The zero-order valence-electron chi connectivity index (χ0n) is 13.2. The molecule has 144 valence electrons. The maximum absolute atomic E-state index is 12.0. The molecule has 0 spiro atoms. The highest BCUT2D eigenvalue weighted by Crippen LogP contribution is 2.18. The van der Waals surface area contributed by atoms with Crippen molar-refractivity contribution in [3.63, 3.8) is 0 Å². The monoisotopic (exact) mass is 461 g/mol. The van der Waals surface area contributed by atoms with Crippen molar-refractivity contribution in [2.45, 2.75) is 6.04 Å². The summed E-state index contributed by atoms with van der Waals surface area (Å²) in [5.41, 5.74) is -2.39. The second-order valence-electron chi connectivity index (χ2n) is 5.19. The van der Waals surface area contributed by atoms with Crippen molar-refractivity contribution < 1.29 is 28.0 Å². The van der Waals surface area contributed by atoms with E-state index in [0.717, 1.165) is 4.57 Å². The SMILES string of the molecule is O=C(O)[C@H](CS(=O)(=O)O)N=Cc1c(O)n(-c2ccc(Br)cc2)c(=O)[nH]c1=O. The first-order valence-electron chi connectivity index (χ1n) is 7.05. The van der Waals surface area contributed by atoms with Crippen LogP contribution in [0.25, 0.3) is 5.69 Å². The number of carboxylic acids is 1. The molecule has 1 heterocycles. The van der Waals surface area contributed by atoms with Crippen molar-refractivity contribution in [3.8, 4) is 11.6 Å². The van der Waals surface area contributed by atoms with Gasteiger partial charge in [-0.15, -0.1) is 0 Å². The molecule has 2 aromatic rings. The molecule has 0 saturated carbocycles. The number of H-pyrrole nitrogens is 1. The zero-order valence-corrected chi connectivity index (χ0v) is 15.6. The number of aromatic amines is 1. The van der Waals surface area contributed by atoms with Crippen molar-refractivity contribution in [1.29, 1.82) is 0 Å². The Bertz CT molecular complexity index is 1120. The Morgan fingerprint density at radius 2 is 1.89 bits per heavy atom. The molecule has 0 aliphatic heterocycles. The van der Waals surface area contributed by atoms with Crippen LogP contribution < -0.4 is 11.2 Å². The topological polar surface area (TPSA) is 179 Å². The van der Waals surface area contributed by atoms with E-state index in [1.807, 2.05) is 4.98 Å². The number of nitrogens with one attached hydrogen (secondary N) is 1. The van der Waals surface area contributed by atoms with Crippen molar-refractivity contribution in [3.05, 3.63) is 55.1 Å². The van der Waals surface area contributed by atoms with Crippen molar-refractivity contribution >= 4 is 38.2 Å². The highest BCUT2D eigenvalue weighted by Gasteiger charge is 2.23. The van der Waals surface area contributed by atoms with E-state index in [0.29, 0.717) is 10.7 Å². The van der Waals surface area contributed by atoms with Gasteiger partial charge in [0, 0.05) is 10.7 Å².